The molecule has 98 valence electrons. The Morgan fingerprint density at radius 2 is 2.44 bits per heavy atom. The number of rotatable bonds is 4. The molecule has 2 aliphatic rings. The predicted octanol–water partition coefficient (Wildman–Crippen LogP) is 0.429. The average molecular weight is 248 g/mol. The first-order valence-electron chi connectivity index (χ1n) is 6.73. The van der Waals surface area contributed by atoms with Crippen LogP contribution in [0, 0.1) is 0 Å². The van der Waals surface area contributed by atoms with Crippen LogP contribution in [0.4, 0.5) is 0 Å². The molecule has 2 aliphatic heterocycles. The molecule has 1 aromatic heterocycles. The lowest BCUT2D eigenvalue weighted by atomic mass is 10.2. The highest BCUT2D eigenvalue weighted by Gasteiger charge is 2.31. The van der Waals surface area contributed by atoms with Crippen molar-refractivity contribution < 1.29 is 4.74 Å². The molecule has 3 heterocycles. The Hall–Kier alpha value is -1.04. The van der Waals surface area contributed by atoms with E-state index in [0.717, 1.165) is 31.9 Å². The second-order valence-electron chi connectivity index (χ2n) is 5.07. The highest BCUT2D eigenvalue weighted by molar-refractivity contribution is 4.94. The lowest BCUT2D eigenvalue weighted by Gasteiger charge is -2.35. The number of ether oxygens (including phenoxy) is 1. The van der Waals surface area contributed by atoms with Crippen LogP contribution in [-0.2, 0) is 11.3 Å². The van der Waals surface area contributed by atoms with Crippen LogP contribution in [0.1, 0.15) is 18.5 Å². The fourth-order valence-electron chi connectivity index (χ4n) is 2.79. The second kappa shape index (κ2) is 5.73. The van der Waals surface area contributed by atoms with Crippen LogP contribution in [-0.4, -0.2) is 53.3 Å². The molecule has 1 N–H and O–H groups in total. The summed E-state index contributed by atoms with van der Waals surface area (Å²) in [4.78, 5) is 10.9. The molecular formula is C13H20N4O. The molecule has 0 spiro atoms. The third-order valence-electron chi connectivity index (χ3n) is 3.76. The van der Waals surface area contributed by atoms with E-state index in [-0.39, 0.29) is 0 Å². The molecule has 5 heteroatoms. The molecule has 0 aliphatic carbocycles. The van der Waals surface area contributed by atoms with E-state index in [4.69, 9.17) is 4.74 Å². The first-order valence-corrected chi connectivity index (χ1v) is 6.73. The van der Waals surface area contributed by atoms with Crippen LogP contribution in [0.3, 0.4) is 0 Å². The summed E-state index contributed by atoms with van der Waals surface area (Å²) in [7, 11) is 0. The van der Waals surface area contributed by atoms with Gasteiger partial charge in [-0.1, -0.05) is 0 Å². The maximum atomic E-state index is 5.89. The van der Waals surface area contributed by atoms with Crippen LogP contribution < -0.4 is 5.32 Å². The summed E-state index contributed by atoms with van der Waals surface area (Å²) in [5.74, 6) is 0. The second-order valence-corrected chi connectivity index (χ2v) is 5.07. The summed E-state index contributed by atoms with van der Waals surface area (Å²) in [5, 5.41) is 3.40. The Balaban J connectivity index is 1.41. The quantitative estimate of drug-likeness (QED) is 0.837. The highest BCUT2D eigenvalue weighted by atomic mass is 16.5. The minimum absolute atomic E-state index is 0.316. The van der Waals surface area contributed by atoms with Crippen molar-refractivity contribution in [1.29, 1.82) is 0 Å². The van der Waals surface area contributed by atoms with Gasteiger partial charge in [-0.2, -0.15) is 0 Å². The summed E-state index contributed by atoms with van der Waals surface area (Å²) < 4.78 is 5.89. The third kappa shape index (κ3) is 2.85. The van der Waals surface area contributed by atoms with Crippen LogP contribution >= 0.6 is 0 Å². The lowest BCUT2D eigenvalue weighted by molar-refractivity contribution is -0.0470. The van der Waals surface area contributed by atoms with Crippen molar-refractivity contribution in [2.45, 2.75) is 31.5 Å². The van der Waals surface area contributed by atoms with Gasteiger partial charge in [-0.15, -0.1) is 0 Å². The van der Waals surface area contributed by atoms with Crippen molar-refractivity contribution in [2.75, 3.05) is 26.2 Å². The summed E-state index contributed by atoms with van der Waals surface area (Å²) in [6, 6.07) is 0.682. The molecule has 18 heavy (non-hydrogen) atoms. The van der Waals surface area contributed by atoms with Gasteiger partial charge in [-0.3, -0.25) is 14.9 Å². The SMILES string of the molecule is c1cnc(CNCC2CN3CCCC3CO2)cn1. The van der Waals surface area contributed by atoms with Gasteiger partial charge in [0.05, 0.1) is 18.4 Å². The van der Waals surface area contributed by atoms with Gasteiger partial charge in [-0.05, 0) is 19.4 Å². The maximum absolute atomic E-state index is 5.89. The topological polar surface area (TPSA) is 50.3 Å². The third-order valence-corrected chi connectivity index (χ3v) is 3.76. The van der Waals surface area contributed by atoms with Crippen LogP contribution in [0.15, 0.2) is 18.6 Å². The minimum Gasteiger partial charge on any atom is -0.374 e. The Labute approximate surface area is 108 Å². The fraction of sp³-hybridized carbons (Fsp3) is 0.692. The zero-order valence-corrected chi connectivity index (χ0v) is 10.6. The van der Waals surface area contributed by atoms with Crippen molar-refractivity contribution in [1.82, 2.24) is 20.2 Å². The molecule has 0 saturated carbocycles. The Kier molecular flexibility index (Phi) is 3.83. The molecular weight excluding hydrogens is 228 g/mol. The Bertz CT molecular complexity index is 373. The average Bonchev–Trinajstić information content (AvgIpc) is 2.87. The monoisotopic (exact) mass is 248 g/mol. The van der Waals surface area contributed by atoms with E-state index in [0.29, 0.717) is 12.1 Å². The van der Waals surface area contributed by atoms with E-state index in [1.165, 1.54) is 19.4 Å². The van der Waals surface area contributed by atoms with Gasteiger partial charge in [0, 0.05) is 44.3 Å². The molecule has 2 unspecified atom stereocenters. The van der Waals surface area contributed by atoms with E-state index in [1.807, 2.05) is 0 Å². The molecule has 3 rings (SSSR count). The number of morpholine rings is 1. The van der Waals surface area contributed by atoms with Crippen molar-refractivity contribution in [3.05, 3.63) is 24.3 Å². The lowest BCUT2D eigenvalue weighted by Crippen LogP contribution is -2.49. The van der Waals surface area contributed by atoms with E-state index in [1.54, 1.807) is 18.6 Å². The molecule has 5 nitrogen and oxygen atoms in total. The zero-order chi connectivity index (χ0) is 12.2. The molecule has 2 saturated heterocycles. The van der Waals surface area contributed by atoms with Crippen LogP contribution in [0.2, 0.25) is 0 Å². The first kappa shape index (κ1) is 12.0. The normalized spacial score (nSPS) is 28.2. The van der Waals surface area contributed by atoms with Gasteiger partial charge in [0.25, 0.3) is 0 Å². The number of hydrogen-bond acceptors (Lipinski definition) is 5. The molecule has 0 radical (unpaired) electrons. The minimum atomic E-state index is 0.316. The van der Waals surface area contributed by atoms with Crippen molar-refractivity contribution in [3.63, 3.8) is 0 Å². The maximum Gasteiger partial charge on any atom is 0.0827 e. The van der Waals surface area contributed by atoms with Crippen LogP contribution in [0.25, 0.3) is 0 Å². The molecule has 0 amide bonds. The largest absolute Gasteiger partial charge is 0.374 e. The Morgan fingerprint density at radius 3 is 3.33 bits per heavy atom. The predicted molar refractivity (Wildman–Crippen MR) is 68.1 cm³/mol. The van der Waals surface area contributed by atoms with Gasteiger partial charge in [0.2, 0.25) is 0 Å². The van der Waals surface area contributed by atoms with E-state index < -0.39 is 0 Å². The van der Waals surface area contributed by atoms with E-state index in [9.17, 15) is 0 Å². The number of aromatic nitrogens is 2. The summed E-state index contributed by atoms with van der Waals surface area (Å²) in [6.45, 7) is 4.86. The summed E-state index contributed by atoms with van der Waals surface area (Å²) >= 11 is 0. The van der Waals surface area contributed by atoms with Crippen molar-refractivity contribution >= 4 is 0 Å². The fourth-order valence-corrected chi connectivity index (χ4v) is 2.79. The van der Waals surface area contributed by atoms with Crippen molar-refractivity contribution in [3.8, 4) is 0 Å². The number of fused-ring (bicyclic) bond motifs is 1. The van der Waals surface area contributed by atoms with E-state index >= 15 is 0 Å². The Morgan fingerprint density at radius 1 is 1.44 bits per heavy atom. The smallest absolute Gasteiger partial charge is 0.0827 e. The standard InChI is InChI=1S/C13H20N4O/c1-2-12-10-18-13(9-17(12)5-1)8-15-7-11-6-14-3-4-16-11/h3-4,6,12-13,15H,1-2,5,7-10H2. The van der Waals surface area contributed by atoms with Crippen molar-refractivity contribution in [2.24, 2.45) is 0 Å². The summed E-state index contributed by atoms with van der Waals surface area (Å²) in [6.07, 6.45) is 8.17. The number of nitrogens with zero attached hydrogens (tertiary/aromatic N) is 3. The van der Waals surface area contributed by atoms with Gasteiger partial charge in [0.1, 0.15) is 0 Å². The van der Waals surface area contributed by atoms with Gasteiger partial charge < -0.3 is 10.1 Å². The number of nitrogens with one attached hydrogen (secondary N) is 1. The number of hydrogen-bond donors (Lipinski definition) is 1. The molecule has 0 aromatic carbocycles. The van der Waals surface area contributed by atoms with E-state index in [2.05, 4.69) is 20.2 Å². The zero-order valence-electron chi connectivity index (χ0n) is 10.6. The molecule has 0 bridgehead atoms. The molecule has 2 fully saturated rings. The molecule has 2 atom stereocenters. The van der Waals surface area contributed by atoms with Gasteiger partial charge >= 0.3 is 0 Å². The summed E-state index contributed by atoms with van der Waals surface area (Å²) in [5.41, 5.74) is 0.979. The molecule has 1 aromatic rings. The highest BCUT2D eigenvalue weighted by Crippen LogP contribution is 2.22. The first-order chi connectivity index (χ1) is 8.92. The van der Waals surface area contributed by atoms with Gasteiger partial charge in [0.15, 0.2) is 0 Å². The van der Waals surface area contributed by atoms with Gasteiger partial charge in [-0.25, -0.2) is 0 Å². The van der Waals surface area contributed by atoms with Crippen LogP contribution in [0.5, 0.6) is 0 Å².